The summed E-state index contributed by atoms with van der Waals surface area (Å²) in [7, 11) is 0. The lowest BCUT2D eigenvalue weighted by Gasteiger charge is -2.20. The Bertz CT molecular complexity index is 308. The minimum absolute atomic E-state index is 0.0229. The summed E-state index contributed by atoms with van der Waals surface area (Å²) in [4.78, 5) is 21.4. The molecular weight excluding hydrogens is 196 g/mol. The van der Waals surface area contributed by atoms with E-state index in [2.05, 4.69) is 0 Å². The van der Waals surface area contributed by atoms with E-state index in [4.69, 9.17) is 9.84 Å². The molecule has 15 heavy (non-hydrogen) atoms. The highest BCUT2D eigenvalue weighted by Gasteiger charge is 2.41. The number of carboxylic acids is 1. The van der Waals surface area contributed by atoms with E-state index in [0.29, 0.717) is 5.92 Å². The van der Waals surface area contributed by atoms with Gasteiger partial charge in [0, 0.05) is 12.2 Å². The maximum Gasteiger partial charge on any atom is 0.331 e. The van der Waals surface area contributed by atoms with Crippen molar-refractivity contribution in [2.75, 3.05) is 0 Å². The SMILES string of the molecule is O=C(O)/C=C/C(=O)O[C@@H]1C[C@@H]2CC[C@@H]1C2. The topological polar surface area (TPSA) is 63.6 Å². The molecule has 2 bridgehead atoms. The van der Waals surface area contributed by atoms with Crippen LogP contribution in [-0.4, -0.2) is 23.1 Å². The first kappa shape index (κ1) is 10.2. The molecule has 0 spiro atoms. The van der Waals surface area contributed by atoms with Crippen LogP contribution in [0.15, 0.2) is 12.2 Å². The van der Waals surface area contributed by atoms with E-state index in [1.807, 2.05) is 0 Å². The normalized spacial score (nSPS) is 33.5. The molecule has 4 heteroatoms. The first-order chi connectivity index (χ1) is 7.15. The maximum atomic E-state index is 11.2. The van der Waals surface area contributed by atoms with Crippen LogP contribution >= 0.6 is 0 Å². The average molecular weight is 210 g/mol. The van der Waals surface area contributed by atoms with Crippen LogP contribution in [0.25, 0.3) is 0 Å². The van der Waals surface area contributed by atoms with Gasteiger partial charge >= 0.3 is 11.9 Å². The maximum absolute atomic E-state index is 11.2. The van der Waals surface area contributed by atoms with E-state index in [1.54, 1.807) is 0 Å². The molecule has 0 aromatic rings. The van der Waals surface area contributed by atoms with E-state index >= 15 is 0 Å². The molecule has 0 aromatic carbocycles. The van der Waals surface area contributed by atoms with Crippen LogP contribution in [0.1, 0.15) is 25.7 Å². The monoisotopic (exact) mass is 210 g/mol. The van der Waals surface area contributed by atoms with Crippen LogP contribution in [-0.2, 0) is 14.3 Å². The standard InChI is InChI=1S/C11H14O4/c12-10(13)3-4-11(14)15-9-6-7-1-2-8(9)5-7/h3-4,7-9H,1-2,5-6H2,(H,12,13)/b4-3+/t7-,8-,9-/m1/s1. The summed E-state index contributed by atoms with van der Waals surface area (Å²) >= 11 is 0. The number of esters is 1. The molecule has 0 unspecified atom stereocenters. The Labute approximate surface area is 87.9 Å². The summed E-state index contributed by atoms with van der Waals surface area (Å²) in [6.07, 6.45) is 6.34. The quantitative estimate of drug-likeness (QED) is 0.564. The van der Waals surface area contributed by atoms with Gasteiger partial charge < -0.3 is 9.84 Å². The second kappa shape index (κ2) is 4.04. The van der Waals surface area contributed by atoms with Gasteiger partial charge in [0.25, 0.3) is 0 Å². The van der Waals surface area contributed by atoms with Gasteiger partial charge in [-0.2, -0.15) is 0 Å². The van der Waals surface area contributed by atoms with Crippen molar-refractivity contribution >= 4 is 11.9 Å². The molecule has 82 valence electrons. The fraction of sp³-hybridized carbons (Fsp3) is 0.636. The molecule has 0 aromatic heterocycles. The van der Waals surface area contributed by atoms with Gasteiger partial charge in [-0.3, -0.25) is 0 Å². The van der Waals surface area contributed by atoms with Crippen LogP contribution in [0.5, 0.6) is 0 Å². The smallest absolute Gasteiger partial charge is 0.331 e. The highest BCUT2D eigenvalue weighted by Crippen LogP contribution is 2.45. The second-order valence-electron chi connectivity index (χ2n) is 4.32. The molecule has 2 rings (SSSR count). The zero-order valence-corrected chi connectivity index (χ0v) is 8.39. The Morgan fingerprint density at radius 1 is 1.20 bits per heavy atom. The third kappa shape index (κ3) is 2.37. The van der Waals surface area contributed by atoms with Crippen LogP contribution in [0.3, 0.4) is 0 Å². The van der Waals surface area contributed by atoms with Gasteiger partial charge in [-0.15, -0.1) is 0 Å². The summed E-state index contributed by atoms with van der Waals surface area (Å²) < 4.78 is 5.21. The van der Waals surface area contributed by atoms with Crippen LogP contribution in [0.2, 0.25) is 0 Å². The lowest BCUT2D eigenvalue weighted by molar-refractivity contribution is -0.145. The number of carboxylic acid groups (broad SMARTS) is 1. The van der Waals surface area contributed by atoms with Crippen LogP contribution < -0.4 is 0 Å². The lowest BCUT2D eigenvalue weighted by Crippen LogP contribution is -2.23. The van der Waals surface area contributed by atoms with E-state index in [-0.39, 0.29) is 6.10 Å². The average Bonchev–Trinajstić information content (AvgIpc) is 2.76. The summed E-state index contributed by atoms with van der Waals surface area (Å²) in [5.74, 6) is -0.428. The first-order valence-corrected chi connectivity index (χ1v) is 5.27. The Kier molecular flexibility index (Phi) is 2.75. The summed E-state index contributed by atoms with van der Waals surface area (Å²) in [5, 5.41) is 8.33. The second-order valence-corrected chi connectivity index (χ2v) is 4.32. The molecule has 0 amide bonds. The molecule has 3 atom stereocenters. The molecule has 2 aliphatic carbocycles. The minimum Gasteiger partial charge on any atom is -0.478 e. The highest BCUT2D eigenvalue weighted by atomic mass is 16.5. The van der Waals surface area contributed by atoms with Gasteiger partial charge in [0.2, 0.25) is 0 Å². The summed E-state index contributed by atoms with van der Waals surface area (Å²) in [6.45, 7) is 0. The summed E-state index contributed by atoms with van der Waals surface area (Å²) in [6, 6.07) is 0. The number of hydrogen-bond donors (Lipinski definition) is 1. The van der Waals surface area contributed by atoms with Crippen molar-refractivity contribution in [3.63, 3.8) is 0 Å². The van der Waals surface area contributed by atoms with E-state index < -0.39 is 11.9 Å². The van der Waals surface area contributed by atoms with E-state index in [1.165, 1.54) is 12.8 Å². The lowest BCUT2D eigenvalue weighted by atomic mass is 9.98. The van der Waals surface area contributed by atoms with Gasteiger partial charge in [0.1, 0.15) is 6.10 Å². The predicted octanol–water partition coefficient (Wildman–Crippen LogP) is 1.36. The number of hydrogen-bond acceptors (Lipinski definition) is 3. The largest absolute Gasteiger partial charge is 0.478 e. The number of ether oxygens (including phenoxy) is 1. The zero-order valence-electron chi connectivity index (χ0n) is 8.39. The fourth-order valence-corrected chi connectivity index (χ4v) is 2.66. The molecule has 0 saturated heterocycles. The summed E-state index contributed by atoms with van der Waals surface area (Å²) in [5.41, 5.74) is 0. The third-order valence-electron chi connectivity index (χ3n) is 3.30. The van der Waals surface area contributed by atoms with Crippen molar-refractivity contribution in [2.45, 2.75) is 31.8 Å². The molecule has 0 heterocycles. The predicted molar refractivity (Wildman–Crippen MR) is 52.1 cm³/mol. The molecular formula is C11H14O4. The Hall–Kier alpha value is -1.32. The number of carbonyl (C=O) groups excluding carboxylic acids is 1. The molecule has 4 nitrogen and oxygen atoms in total. The number of carbonyl (C=O) groups is 2. The van der Waals surface area contributed by atoms with E-state index in [0.717, 1.165) is 30.9 Å². The van der Waals surface area contributed by atoms with Crippen molar-refractivity contribution in [1.29, 1.82) is 0 Å². The first-order valence-electron chi connectivity index (χ1n) is 5.27. The fourth-order valence-electron chi connectivity index (χ4n) is 2.66. The van der Waals surface area contributed by atoms with Gasteiger partial charge in [-0.25, -0.2) is 9.59 Å². The van der Waals surface area contributed by atoms with Crippen molar-refractivity contribution in [2.24, 2.45) is 11.8 Å². The van der Waals surface area contributed by atoms with Gasteiger partial charge in [0.05, 0.1) is 0 Å². The molecule has 2 saturated carbocycles. The number of rotatable bonds is 3. The van der Waals surface area contributed by atoms with Crippen molar-refractivity contribution in [1.82, 2.24) is 0 Å². The zero-order chi connectivity index (χ0) is 10.8. The molecule has 0 aliphatic heterocycles. The number of aliphatic carboxylic acids is 1. The van der Waals surface area contributed by atoms with Gasteiger partial charge in [0.15, 0.2) is 0 Å². The van der Waals surface area contributed by atoms with Crippen molar-refractivity contribution in [3.05, 3.63) is 12.2 Å². The third-order valence-corrected chi connectivity index (χ3v) is 3.30. The molecule has 2 fully saturated rings. The molecule has 0 radical (unpaired) electrons. The van der Waals surface area contributed by atoms with Crippen molar-refractivity contribution < 1.29 is 19.4 Å². The highest BCUT2D eigenvalue weighted by molar-refractivity contribution is 5.90. The number of fused-ring (bicyclic) bond motifs is 2. The van der Waals surface area contributed by atoms with Crippen LogP contribution in [0.4, 0.5) is 0 Å². The minimum atomic E-state index is -1.13. The Morgan fingerprint density at radius 2 is 2.00 bits per heavy atom. The van der Waals surface area contributed by atoms with Crippen molar-refractivity contribution in [3.8, 4) is 0 Å². The van der Waals surface area contributed by atoms with E-state index in [9.17, 15) is 9.59 Å². The Balaban J connectivity index is 1.82. The van der Waals surface area contributed by atoms with Crippen LogP contribution in [0, 0.1) is 11.8 Å². The molecule has 1 N–H and O–H groups in total. The molecule has 2 aliphatic rings. The van der Waals surface area contributed by atoms with Gasteiger partial charge in [-0.05, 0) is 37.5 Å². The van der Waals surface area contributed by atoms with Gasteiger partial charge in [-0.1, -0.05) is 0 Å². The Morgan fingerprint density at radius 3 is 2.53 bits per heavy atom.